The summed E-state index contributed by atoms with van der Waals surface area (Å²) in [7, 11) is 0. The first-order valence-corrected chi connectivity index (χ1v) is 10.6. The first-order valence-electron chi connectivity index (χ1n) is 10.6. The molecule has 2 aliphatic rings. The van der Waals surface area contributed by atoms with Gasteiger partial charge in [0.25, 0.3) is 0 Å². The van der Waals surface area contributed by atoms with Crippen LogP contribution in [0.2, 0.25) is 0 Å². The van der Waals surface area contributed by atoms with Crippen molar-refractivity contribution in [1.82, 2.24) is 34.3 Å². The van der Waals surface area contributed by atoms with E-state index in [-0.39, 0.29) is 17.9 Å². The van der Waals surface area contributed by atoms with Crippen LogP contribution in [0.3, 0.4) is 0 Å². The molecule has 1 atom stereocenters. The van der Waals surface area contributed by atoms with Gasteiger partial charge in [-0.1, -0.05) is 6.92 Å². The molecule has 0 aliphatic carbocycles. The van der Waals surface area contributed by atoms with Crippen molar-refractivity contribution in [1.29, 1.82) is 0 Å². The first-order chi connectivity index (χ1) is 15.7. The van der Waals surface area contributed by atoms with Crippen LogP contribution in [0.1, 0.15) is 31.0 Å². The zero-order valence-electron chi connectivity index (χ0n) is 17.7. The molecule has 6 rings (SSSR count). The highest BCUT2D eigenvalue weighted by atomic mass is 19.1. The number of imidazole rings is 1. The standard InChI is InChI=1S/C22H21FN8O/c1-3-17-21-28-27-13(2)30(21)18-10-25-22(26-20(18)31(17)16-11-32-12-16)29-9-8-24-19(29)14-4-6-15(23)7-5-14/h4-10,16-17H,3,11-12H2,1-2H3. The molecule has 1 unspecified atom stereocenters. The van der Waals surface area contributed by atoms with Gasteiger partial charge in [-0.3, -0.25) is 9.13 Å². The smallest absolute Gasteiger partial charge is 0.237 e. The number of fused-ring (bicyclic) bond motifs is 3. The van der Waals surface area contributed by atoms with Gasteiger partial charge in [0.2, 0.25) is 5.95 Å². The lowest BCUT2D eigenvalue weighted by molar-refractivity contribution is 0.00338. The largest absolute Gasteiger partial charge is 0.377 e. The lowest BCUT2D eigenvalue weighted by Gasteiger charge is -2.45. The van der Waals surface area contributed by atoms with Gasteiger partial charge in [-0.15, -0.1) is 10.2 Å². The third-order valence-electron chi connectivity index (χ3n) is 6.07. The van der Waals surface area contributed by atoms with E-state index in [9.17, 15) is 4.39 Å². The number of rotatable bonds is 4. The Kier molecular flexibility index (Phi) is 4.29. The van der Waals surface area contributed by atoms with E-state index >= 15 is 0 Å². The molecule has 5 heterocycles. The topological polar surface area (TPSA) is 86.8 Å². The summed E-state index contributed by atoms with van der Waals surface area (Å²) in [6.07, 6.45) is 6.17. The lowest BCUT2D eigenvalue weighted by atomic mass is 10.0. The van der Waals surface area contributed by atoms with Crippen LogP contribution in [-0.4, -0.2) is 53.5 Å². The van der Waals surface area contributed by atoms with E-state index in [1.165, 1.54) is 12.1 Å². The highest BCUT2D eigenvalue weighted by molar-refractivity contribution is 5.64. The van der Waals surface area contributed by atoms with Crippen molar-refractivity contribution in [2.24, 2.45) is 0 Å². The number of halogens is 1. The Labute approximate surface area is 183 Å². The van der Waals surface area contributed by atoms with Crippen LogP contribution in [-0.2, 0) is 4.74 Å². The molecule has 1 fully saturated rings. The van der Waals surface area contributed by atoms with Gasteiger partial charge in [-0.25, -0.2) is 14.4 Å². The van der Waals surface area contributed by atoms with E-state index in [4.69, 9.17) is 9.72 Å². The fourth-order valence-electron chi connectivity index (χ4n) is 4.45. The Morgan fingerprint density at radius 2 is 1.94 bits per heavy atom. The molecule has 0 amide bonds. The summed E-state index contributed by atoms with van der Waals surface area (Å²) in [5.41, 5.74) is 1.64. The fraction of sp³-hybridized carbons (Fsp3) is 0.318. The molecule has 1 aromatic carbocycles. The molecule has 0 spiro atoms. The van der Waals surface area contributed by atoms with Gasteiger partial charge in [0, 0.05) is 18.0 Å². The van der Waals surface area contributed by atoms with Crippen molar-refractivity contribution in [2.45, 2.75) is 32.4 Å². The van der Waals surface area contributed by atoms with Gasteiger partial charge < -0.3 is 9.64 Å². The molecule has 162 valence electrons. The third-order valence-corrected chi connectivity index (χ3v) is 6.07. The molecule has 3 aromatic heterocycles. The Hall–Kier alpha value is -3.66. The molecule has 32 heavy (non-hydrogen) atoms. The van der Waals surface area contributed by atoms with Crippen LogP contribution in [0.5, 0.6) is 0 Å². The number of nitrogens with zero attached hydrogens (tertiary/aromatic N) is 8. The quantitative estimate of drug-likeness (QED) is 0.490. The van der Waals surface area contributed by atoms with E-state index in [0.717, 1.165) is 35.1 Å². The summed E-state index contributed by atoms with van der Waals surface area (Å²) < 4.78 is 22.8. The Morgan fingerprint density at radius 3 is 2.66 bits per heavy atom. The predicted octanol–water partition coefficient (Wildman–Crippen LogP) is 3.03. The van der Waals surface area contributed by atoms with Crippen molar-refractivity contribution in [3.8, 4) is 23.0 Å². The predicted molar refractivity (Wildman–Crippen MR) is 114 cm³/mol. The van der Waals surface area contributed by atoms with Crippen LogP contribution in [0, 0.1) is 12.7 Å². The summed E-state index contributed by atoms with van der Waals surface area (Å²) >= 11 is 0. The van der Waals surface area contributed by atoms with E-state index in [1.807, 2.05) is 28.5 Å². The van der Waals surface area contributed by atoms with Gasteiger partial charge in [0.1, 0.15) is 23.2 Å². The van der Waals surface area contributed by atoms with Gasteiger partial charge in [-0.2, -0.15) is 4.98 Å². The molecule has 0 radical (unpaired) electrons. The normalized spacial score (nSPS) is 17.7. The van der Waals surface area contributed by atoms with E-state index < -0.39 is 0 Å². The second-order valence-electron chi connectivity index (χ2n) is 7.97. The minimum atomic E-state index is -0.291. The molecular formula is C22H21FN8O. The Morgan fingerprint density at radius 1 is 1.12 bits per heavy atom. The highest BCUT2D eigenvalue weighted by Crippen LogP contribution is 2.41. The lowest BCUT2D eigenvalue weighted by Crippen LogP contribution is -2.53. The van der Waals surface area contributed by atoms with Crippen LogP contribution < -0.4 is 4.90 Å². The number of aromatic nitrogens is 7. The molecule has 10 heteroatoms. The van der Waals surface area contributed by atoms with Gasteiger partial charge >= 0.3 is 0 Å². The second-order valence-corrected chi connectivity index (χ2v) is 7.97. The monoisotopic (exact) mass is 432 g/mol. The van der Waals surface area contributed by atoms with Crippen molar-refractivity contribution in [3.63, 3.8) is 0 Å². The zero-order chi connectivity index (χ0) is 21.8. The summed E-state index contributed by atoms with van der Waals surface area (Å²) in [6.45, 7) is 5.37. The minimum absolute atomic E-state index is 0.0414. The van der Waals surface area contributed by atoms with Crippen molar-refractivity contribution < 1.29 is 9.13 Å². The third kappa shape index (κ3) is 2.76. The summed E-state index contributed by atoms with van der Waals surface area (Å²) in [5, 5.41) is 8.78. The maximum absolute atomic E-state index is 13.4. The van der Waals surface area contributed by atoms with Crippen LogP contribution in [0.15, 0.2) is 42.9 Å². The fourth-order valence-corrected chi connectivity index (χ4v) is 4.45. The average molecular weight is 432 g/mol. The van der Waals surface area contributed by atoms with E-state index in [1.54, 1.807) is 18.3 Å². The molecule has 9 nitrogen and oxygen atoms in total. The Bertz CT molecular complexity index is 1290. The van der Waals surface area contributed by atoms with Gasteiger partial charge in [0.15, 0.2) is 11.6 Å². The first kappa shape index (κ1) is 19.1. The number of benzene rings is 1. The van der Waals surface area contributed by atoms with Gasteiger partial charge in [-0.05, 0) is 37.6 Å². The molecular weight excluding hydrogens is 411 g/mol. The molecule has 2 aliphatic heterocycles. The van der Waals surface area contributed by atoms with Crippen LogP contribution in [0.25, 0.3) is 23.0 Å². The van der Waals surface area contributed by atoms with Gasteiger partial charge in [0.05, 0.1) is 31.5 Å². The summed E-state index contributed by atoms with van der Waals surface area (Å²) in [4.78, 5) is 16.4. The maximum atomic E-state index is 13.4. The highest BCUT2D eigenvalue weighted by Gasteiger charge is 2.41. The average Bonchev–Trinajstić information content (AvgIpc) is 3.40. The van der Waals surface area contributed by atoms with Crippen LogP contribution >= 0.6 is 0 Å². The summed E-state index contributed by atoms with van der Waals surface area (Å²) in [5.74, 6) is 3.37. The molecule has 0 saturated carbocycles. The van der Waals surface area contributed by atoms with Crippen molar-refractivity contribution in [2.75, 3.05) is 18.1 Å². The number of aryl methyl sites for hydroxylation is 1. The minimum Gasteiger partial charge on any atom is -0.377 e. The second kappa shape index (κ2) is 7.20. The molecule has 0 N–H and O–H groups in total. The van der Waals surface area contributed by atoms with Crippen molar-refractivity contribution >= 4 is 5.82 Å². The van der Waals surface area contributed by atoms with Crippen LogP contribution in [0.4, 0.5) is 10.2 Å². The SMILES string of the molecule is CCC1c2nnc(C)n2-c2cnc(-n3ccnc3-c3ccc(F)cc3)nc2N1C1COC1. The number of hydrogen-bond donors (Lipinski definition) is 0. The Balaban J connectivity index is 1.51. The zero-order valence-corrected chi connectivity index (χ0v) is 17.7. The van der Waals surface area contributed by atoms with Crippen molar-refractivity contribution in [3.05, 3.63) is 60.3 Å². The van der Waals surface area contributed by atoms with E-state index in [2.05, 4.69) is 32.0 Å². The summed E-state index contributed by atoms with van der Waals surface area (Å²) in [6, 6.07) is 6.49. The number of ether oxygens (including phenoxy) is 1. The molecule has 4 aromatic rings. The maximum Gasteiger partial charge on any atom is 0.237 e. The molecule has 0 bridgehead atoms. The van der Waals surface area contributed by atoms with E-state index in [0.29, 0.717) is 25.0 Å². The molecule has 1 saturated heterocycles. The number of hydrogen-bond acceptors (Lipinski definition) is 7. The number of anilines is 1.